The second-order valence-corrected chi connectivity index (χ2v) is 7.50. The molecular formula is C22H27F2N3O3. The first-order valence-corrected chi connectivity index (χ1v) is 10.2. The SMILES string of the molecule is CC[C@@H](NC(=O)c1ccc(OC)nc1)C1CCC(c2ccnc(OC(F)F)c2)CC1. The zero-order valence-corrected chi connectivity index (χ0v) is 17.2. The van der Waals surface area contributed by atoms with Crippen LogP contribution >= 0.6 is 0 Å². The minimum Gasteiger partial charge on any atom is -0.481 e. The van der Waals surface area contributed by atoms with Crippen LogP contribution in [0.2, 0.25) is 0 Å². The highest BCUT2D eigenvalue weighted by molar-refractivity contribution is 5.94. The predicted octanol–water partition coefficient (Wildman–Crippen LogP) is 4.57. The molecule has 6 nitrogen and oxygen atoms in total. The van der Waals surface area contributed by atoms with Crippen LogP contribution in [0.3, 0.4) is 0 Å². The van der Waals surface area contributed by atoms with Gasteiger partial charge in [-0.15, -0.1) is 0 Å². The molecular weight excluding hydrogens is 392 g/mol. The zero-order chi connectivity index (χ0) is 21.5. The van der Waals surface area contributed by atoms with Crippen molar-refractivity contribution in [1.82, 2.24) is 15.3 Å². The molecule has 2 aromatic rings. The number of methoxy groups -OCH3 is 1. The fourth-order valence-electron chi connectivity index (χ4n) is 4.13. The van der Waals surface area contributed by atoms with Crippen LogP contribution in [0.5, 0.6) is 11.8 Å². The molecule has 3 rings (SSSR count). The summed E-state index contributed by atoms with van der Waals surface area (Å²) in [6, 6.07) is 6.91. The summed E-state index contributed by atoms with van der Waals surface area (Å²) >= 11 is 0. The molecule has 2 aromatic heterocycles. The molecule has 0 bridgehead atoms. The highest BCUT2D eigenvalue weighted by Gasteiger charge is 2.29. The Labute approximate surface area is 175 Å². The van der Waals surface area contributed by atoms with Gasteiger partial charge < -0.3 is 14.8 Å². The molecule has 1 aliphatic rings. The molecule has 0 saturated heterocycles. The molecule has 1 amide bonds. The highest BCUT2D eigenvalue weighted by atomic mass is 19.3. The molecule has 1 atom stereocenters. The monoisotopic (exact) mass is 419 g/mol. The van der Waals surface area contributed by atoms with Gasteiger partial charge in [0.05, 0.1) is 12.7 Å². The quantitative estimate of drug-likeness (QED) is 0.679. The lowest BCUT2D eigenvalue weighted by molar-refractivity contribution is -0.0529. The van der Waals surface area contributed by atoms with E-state index in [1.165, 1.54) is 19.5 Å². The van der Waals surface area contributed by atoms with E-state index in [2.05, 4.69) is 26.9 Å². The number of aromatic nitrogens is 2. The van der Waals surface area contributed by atoms with E-state index in [1.807, 2.05) is 6.07 Å². The molecule has 0 unspecified atom stereocenters. The number of hydrogen-bond donors (Lipinski definition) is 1. The number of halogens is 2. The Bertz CT molecular complexity index is 825. The third-order valence-electron chi connectivity index (χ3n) is 5.75. The van der Waals surface area contributed by atoms with Crippen molar-refractivity contribution in [3.63, 3.8) is 0 Å². The number of carbonyl (C=O) groups excluding carboxylic acids is 1. The summed E-state index contributed by atoms with van der Waals surface area (Å²) in [5, 5.41) is 3.14. The number of carbonyl (C=O) groups is 1. The van der Waals surface area contributed by atoms with E-state index in [9.17, 15) is 13.6 Å². The molecule has 162 valence electrons. The largest absolute Gasteiger partial charge is 0.481 e. The minimum atomic E-state index is -2.88. The van der Waals surface area contributed by atoms with Crippen LogP contribution in [0.1, 0.15) is 60.9 Å². The van der Waals surface area contributed by atoms with E-state index in [4.69, 9.17) is 4.74 Å². The Morgan fingerprint density at radius 3 is 2.53 bits per heavy atom. The third-order valence-corrected chi connectivity index (χ3v) is 5.75. The summed E-state index contributed by atoms with van der Waals surface area (Å²) in [4.78, 5) is 20.5. The van der Waals surface area contributed by atoms with Crippen molar-refractivity contribution in [2.45, 2.75) is 57.6 Å². The van der Waals surface area contributed by atoms with Gasteiger partial charge in [-0.3, -0.25) is 4.79 Å². The zero-order valence-electron chi connectivity index (χ0n) is 17.2. The van der Waals surface area contributed by atoms with Crippen LogP contribution in [0.4, 0.5) is 8.78 Å². The number of nitrogens with zero attached hydrogens (tertiary/aromatic N) is 2. The average molecular weight is 419 g/mol. The Morgan fingerprint density at radius 1 is 1.17 bits per heavy atom. The number of alkyl halides is 2. The van der Waals surface area contributed by atoms with E-state index in [-0.39, 0.29) is 23.7 Å². The second kappa shape index (κ2) is 10.3. The summed E-state index contributed by atoms with van der Waals surface area (Å²) < 4.78 is 34.3. The fourth-order valence-corrected chi connectivity index (χ4v) is 4.13. The average Bonchev–Trinajstić information content (AvgIpc) is 2.77. The summed E-state index contributed by atoms with van der Waals surface area (Å²) in [5.41, 5.74) is 1.48. The number of nitrogens with one attached hydrogen (secondary N) is 1. The molecule has 1 saturated carbocycles. The maximum Gasteiger partial charge on any atom is 0.388 e. The predicted molar refractivity (Wildman–Crippen MR) is 108 cm³/mol. The standard InChI is InChI=1S/C22H27F2N3O3/c1-3-18(27-21(28)17-8-9-19(29-2)26-13-17)15-6-4-14(5-7-15)16-10-11-25-20(12-16)30-22(23)24/h8-15,18,22H,3-7H2,1-2H3,(H,27,28)/t14?,15?,18-/m1/s1. The van der Waals surface area contributed by atoms with E-state index >= 15 is 0 Å². The normalized spacial score (nSPS) is 19.9. The van der Waals surface area contributed by atoms with Crippen molar-refractivity contribution in [2.24, 2.45) is 5.92 Å². The number of amides is 1. The summed E-state index contributed by atoms with van der Waals surface area (Å²) in [6.07, 6.45) is 7.64. The van der Waals surface area contributed by atoms with Gasteiger partial charge in [0.1, 0.15) is 0 Å². The van der Waals surface area contributed by atoms with Gasteiger partial charge in [-0.05, 0) is 61.6 Å². The van der Waals surface area contributed by atoms with Gasteiger partial charge in [0, 0.05) is 30.6 Å². The molecule has 2 heterocycles. The number of rotatable bonds is 8. The van der Waals surface area contributed by atoms with Gasteiger partial charge in [0.25, 0.3) is 5.91 Å². The van der Waals surface area contributed by atoms with Crippen molar-refractivity contribution in [3.8, 4) is 11.8 Å². The Kier molecular flexibility index (Phi) is 7.54. The summed E-state index contributed by atoms with van der Waals surface area (Å²) in [7, 11) is 1.53. The topological polar surface area (TPSA) is 73.3 Å². The Morgan fingerprint density at radius 2 is 1.93 bits per heavy atom. The van der Waals surface area contributed by atoms with Gasteiger partial charge in [-0.25, -0.2) is 9.97 Å². The first-order chi connectivity index (χ1) is 14.5. The smallest absolute Gasteiger partial charge is 0.388 e. The van der Waals surface area contributed by atoms with Gasteiger partial charge >= 0.3 is 6.61 Å². The molecule has 1 aliphatic carbocycles. The van der Waals surface area contributed by atoms with Crippen molar-refractivity contribution < 1.29 is 23.0 Å². The van der Waals surface area contributed by atoms with Crippen LogP contribution in [-0.2, 0) is 0 Å². The van der Waals surface area contributed by atoms with E-state index < -0.39 is 6.61 Å². The lowest BCUT2D eigenvalue weighted by atomic mass is 9.75. The lowest BCUT2D eigenvalue weighted by Crippen LogP contribution is -2.41. The van der Waals surface area contributed by atoms with Crippen LogP contribution in [-0.4, -0.2) is 35.6 Å². The fraction of sp³-hybridized carbons (Fsp3) is 0.500. The first kappa shape index (κ1) is 21.9. The van der Waals surface area contributed by atoms with Gasteiger partial charge in [0.2, 0.25) is 11.8 Å². The summed E-state index contributed by atoms with van der Waals surface area (Å²) in [6.45, 7) is -0.807. The van der Waals surface area contributed by atoms with Gasteiger partial charge in [-0.2, -0.15) is 8.78 Å². The Hall–Kier alpha value is -2.77. The second-order valence-electron chi connectivity index (χ2n) is 7.50. The summed E-state index contributed by atoms with van der Waals surface area (Å²) in [5.74, 6) is 0.942. The molecule has 0 aromatic carbocycles. The van der Waals surface area contributed by atoms with Crippen LogP contribution in [0, 0.1) is 5.92 Å². The molecule has 1 N–H and O–H groups in total. The van der Waals surface area contributed by atoms with Crippen molar-refractivity contribution >= 4 is 5.91 Å². The molecule has 30 heavy (non-hydrogen) atoms. The van der Waals surface area contributed by atoms with Crippen LogP contribution < -0.4 is 14.8 Å². The maximum atomic E-state index is 12.6. The van der Waals surface area contributed by atoms with E-state index in [0.717, 1.165) is 37.7 Å². The maximum absolute atomic E-state index is 12.6. The molecule has 8 heteroatoms. The van der Waals surface area contributed by atoms with E-state index in [0.29, 0.717) is 17.4 Å². The number of hydrogen-bond acceptors (Lipinski definition) is 5. The van der Waals surface area contributed by atoms with Crippen molar-refractivity contribution in [1.29, 1.82) is 0 Å². The highest BCUT2D eigenvalue weighted by Crippen LogP contribution is 2.38. The molecule has 1 fully saturated rings. The van der Waals surface area contributed by atoms with Crippen LogP contribution in [0.15, 0.2) is 36.7 Å². The number of ether oxygens (including phenoxy) is 2. The minimum absolute atomic E-state index is 0.0450. The van der Waals surface area contributed by atoms with E-state index in [1.54, 1.807) is 18.2 Å². The third kappa shape index (κ3) is 5.64. The van der Waals surface area contributed by atoms with Gasteiger partial charge in [0.15, 0.2) is 0 Å². The number of pyridine rings is 2. The molecule has 0 radical (unpaired) electrons. The Balaban J connectivity index is 1.56. The first-order valence-electron chi connectivity index (χ1n) is 10.2. The van der Waals surface area contributed by atoms with Crippen molar-refractivity contribution in [2.75, 3.05) is 7.11 Å². The molecule has 0 spiro atoms. The molecule has 0 aliphatic heterocycles. The van der Waals surface area contributed by atoms with Crippen LogP contribution in [0.25, 0.3) is 0 Å². The van der Waals surface area contributed by atoms with Gasteiger partial charge in [-0.1, -0.05) is 6.92 Å². The lowest BCUT2D eigenvalue weighted by Gasteiger charge is -2.34. The van der Waals surface area contributed by atoms with Crippen molar-refractivity contribution in [3.05, 3.63) is 47.8 Å².